The Bertz CT molecular complexity index is 687. The Hall–Kier alpha value is -1.98. The summed E-state index contributed by atoms with van der Waals surface area (Å²) < 4.78 is 13.1. The van der Waals surface area contributed by atoms with Crippen molar-refractivity contribution >= 4 is 17.5 Å². The van der Waals surface area contributed by atoms with Crippen LogP contribution in [0.3, 0.4) is 0 Å². The van der Waals surface area contributed by atoms with E-state index in [4.69, 9.17) is 11.6 Å². The van der Waals surface area contributed by atoms with Gasteiger partial charge in [-0.2, -0.15) is 0 Å². The lowest BCUT2D eigenvalue weighted by Crippen LogP contribution is -2.48. The van der Waals surface area contributed by atoms with E-state index >= 15 is 0 Å². The van der Waals surface area contributed by atoms with E-state index in [1.807, 2.05) is 11.0 Å². The van der Waals surface area contributed by atoms with Gasteiger partial charge in [0.15, 0.2) is 0 Å². The molecule has 1 fully saturated rings. The molecule has 3 rings (SSSR count). The number of carbonyl (C=O) groups excluding carboxylic acids is 1. The molecule has 0 unspecified atom stereocenters. The highest BCUT2D eigenvalue weighted by atomic mass is 35.5. The normalized spacial score (nSPS) is 15.7. The molecule has 1 aliphatic rings. The van der Waals surface area contributed by atoms with Crippen LogP contribution in [0.25, 0.3) is 0 Å². The smallest absolute Gasteiger partial charge is 0.272 e. The molecule has 2 aromatic rings. The number of aromatic nitrogens is 1. The summed E-state index contributed by atoms with van der Waals surface area (Å²) in [7, 11) is 0. The third-order valence-corrected chi connectivity index (χ3v) is 4.30. The van der Waals surface area contributed by atoms with Gasteiger partial charge in [0, 0.05) is 43.9 Å². The van der Waals surface area contributed by atoms with Gasteiger partial charge >= 0.3 is 0 Å². The van der Waals surface area contributed by atoms with Gasteiger partial charge in [0.2, 0.25) is 0 Å². The molecule has 0 atom stereocenters. The maximum atomic E-state index is 13.1. The van der Waals surface area contributed by atoms with Gasteiger partial charge in [-0.25, -0.2) is 4.39 Å². The molecule has 6 heteroatoms. The molecule has 0 saturated carbocycles. The molecule has 1 amide bonds. The average molecular weight is 334 g/mol. The second-order valence-electron chi connectivity index (χ2n) is 5.52. The first-order chi connectivity index (χ1) is 11.1. The van der Waals surface area contributed by atoms with Crippen LogP contribution in [0.2, 0.25) is 5.02 Å². The topological polar surface area (TPSA) is 36.4 Å². The van der Waals surface area contributed by atoms with Crippen LogP contribution >= 0.6 is 11.6 Å². The zero-order valence-corrected chi connectivity index (χ0v) is 13.3. The molecule has 120 valence electrons. The highest BCUT2D eigenvalue weighted by Gasteiger charge is 2.23. The summed E-state index contributed by atoms with van der Waals surface area (Å²) in [5.41, 5.74) is 1.38. The summed E-state index contributed by atoms with van der Waals surface area (Å²) >= 11 is 6.07. The summed E-state index contributed by atoms with van der Waals surface area (Å²) in [5, 5.41) is 0.442. The third kappa shape index (κ3) is 3.86. The van der Waals surface area contributed by atoms with Gasteiger partial charge in [-0.15, -0.1) is 0 Å². The lowest BCUT2D eigenvalue weighted by Gasteiger charge is -2.34. The molecule has 0 spiro atoms. The fourth-order valence-corrected chi connectivity index (χ4v) is 2.88. The molecule has 0 radical (unpaired) electrons. The Morgan fingerprint density at radius 2 is 1.96 bits per heavy atom. The highest BCUT2D eigenvalue weighted by Crippen LogP contribution is 2.20. The number of nitrogens with zero attached hydrogens (tertiary/aromatic N) is 3. The first-order valence-corrected chi connectivity index (χ1v) is 7.88. The molecule has 1 aromatic heterocycles. The molecule has 0 N–H and O–H groups in total. The molecular weight excluding hydrogens is 317 g/mol. The number of hydrogen-bond donors (Lipinski definition) is 0. The molecule has 1 saturated heterocycles. The van der Waals surface area contributed by atoms with Gasteiger partial charge in [-0.1, -0.05) is 23.7 Å². The van der Waals surface area contributed by atoms with Crippen molar-refractivity contribution in [3.63, 3.8) is 0 Å². The number of rotatable bonds is 3. The Morgan fingerprint density at radius 3 is 2.61 bits per heavy atom. The molecule has 4 nitrogen and oxygen atoms in total. The fourth-order valence-electron chi connectivity index (χ4n) is 2.65. The van der Waals surface area contributed by atoms with E-state index in [0.717, 1.165) is 18.7 Å². The lowest BCUT2D eigenvalue weighted by molar-refractivity contribution is 0.0622. The van der Waals surface area contributed by atoms with Crippen molar-refractivity contribution in [2.45, 2.75) is 6.54 Å². The molecular formula is C17H17ClFN3O. The van der Waals surface area contributed by atoms with E-state index < -0.39 is 0 Å². The van der Waals surface area contributed by atoms with Crippen molar-refractivity contribution in [2.75, 3.05) is 26.2 Å². The lowest BCUT2D eigenvalue weighted by atomic mass is 10.2. The Morgan fingerprint density at radius 1 is 1.17 bits per heavy atom. The van der Waals surface area contributed by atoms with Crippen LogP contribution in [0, 0.1) is 5.82 Å². The van der Waals surface area contributed by atoms with E-state index in [9.17, 15) is 9.18 Å². The molecule has 0 bridgehead atoms. The van der Waals surface area contributed by atoms with Crippen molar-refractivity contribution in [1.29, 1.82) is 0 Å². The first kappa shape index (κ1) is 15.9. The van der Waals surface area contributed by atoms with E-state index in [1.165, 1.54) is 12.1 Å². The monoisotopic (exact) mass is 333 g/mol. The zero-order valence-electron chi connectivity index (χ0n) is 12.6. The van der Waals surface area contributed by atoms with Gasteiger partial charge in [-0.05, 0) is 29.8 Å². The van der Waals surface area contributed by atoms with E-state index in [-0.39, 0.29) is 11.7 Å². The number of piperazine rings is 1. The Labute approximate surface area is 139 Å². The highest BCUT2D eigenvalue weighted by molar-refractivity contribution is 6.31. The van der Waals surface area contributed by atoms with Crippen molar-refractivity contribution in [3.8, 4) is 0 Å². The quantitative estimate of drug-likeness (QED) is 0.866. The van der Waals surface area contributed by atoms with Crippen LogP contribution in [0.5, 0.6) is 0 Å². The van der Waals surface area contributed by atoms with Crippen LogP contribution in [0.4, 0.5) is 4.39 Å². The van der Waals surface area contributed by atoms with Crippen LogP contribution in [-0.4, -0.2) is 46.9 Å². The second kappa shape index (κ2) is 7.06. The maximum absolute atomic E-state index is 13.1. The van der Waals surface area contributed by atoms with Crippen molar-refractivity contribution in [1.82, 2.24) is 14.8 Å². The molecule has 1 aromatic carbocycles. The molecule has 0 aliphatic carbocycles. The predicted octanol–water partition coefficient (Wildman–Crippen LogP) is 2.83. The van der Waals surface area contributed by atoms with Crippen LogP contribution in [0.15, 0.2) is 42.6 Å². The van der Waals surface area contributed by atoms with E-state index in [2.05, 4.69) is 9.88 Å². The SMILES string of the molecule is O=C(c1ccccn1)N1CCN(Cc2ccc(F)cc2Cl)CC1. The molecule has 1 aliphatic heterocycles. The summed E-state index contributed by atoms with van der Waals surface area (Å²) in [5.74, 6) is -0.366. The summed E-state index contributed by atoms with van der Waals surface area (Å²) in [6.07, 6.45) is 1.63. The number of benzene rings is 1. The number of pyridine rings is 1. The third-order valence-electron chi connectivity index (χ3n) is 3.95. The number of halogens is 2. The van der Waals surface area contributed by atoms with Crippen molar-refractivity contribution in [3.05, 3.63) is 64.7 Å². The Kier molecular flexibility index (Phi) is 4.88. The summed E-state index contributed by atoms with van der Waals surface area (Å²) in [6, 6.07) is 9.80. The maximum Gasteiger partial charge on any atom is 0.272 e. The zero-order chi connectivity index (χ0) is 16.2. The van der Waals surface area contributed by atoms with Crippen molar-refractivity contribution < 1.29 is 9.18 Å². The van der Waals surface area contributed by atoms with Gasteiger partial charge in [0.05, 0.1) is 0 Å². The van der Waals surface area contributed by atoms with E-state index in [1.54, 1.807) is 24.4 Å². The summed E-state index contributed by atoms with van der Waals surface area (Å²) in [6.45, 7) is 3.46. The molecule has 23 heavy (non-hydrogen) atoms. The largest absolute Gasteiger partial charge is 0.335 e. The number of carbonyl (C=O) groups is 1. The minimum absolute atomic E-state index is 0.0370. The predicted molar refractivity (Wildman–Crippen MR) is 86.8 cm³/mol. The second-order valence-corrected chi connectivity index (χ2v) is 5.93. The average Bonchev–Trinajstić information content (AvgIpc) is 2.58. The summed E-state index contributed by atoms with van der Waals surface area (Å²) in [4.78, 5) is 20.5. The standard InChI is InChI=1S/C17H17ClFN3O/c18-15-11-14(19)5-4-13(15)12-21-7-9-22(10-8-21)17(23)16-3-1-2-6-20-16/h1-6,11H,7-10,12H2. The number of hydrogen-bond acceptors (Lipinski definition) is 3. The van der Waals surface area contributed by atoms with Gasteiger partial charge in [0.25, 0.3) is 5.91 Å². The Balaban J connectivity index is 1.57. The van der Waals surface area contributed by atoms with Gasteiger partial charge < -0.3 is 4.90 Å². The van der Waals surface area contributed by atoms with Gasteiger partial charge in [-0.3, -0.25) is 14.7 Å². The van der Waals surface area contributed by atoms with Crippen LogP contribution in [0.1, 0.15) is 16.1 Å². The molecule has 2 heterocycles. The fraction of sp³-hybridized carbons (Fsp3) is 0.294. The van der Waals surface area contributed by atoms with Gasteiger partial charge in [0.1, 0.15) is 11.5 Å². The van der Waals surface area contributed by atoms with Crippen molar-refractivity contribution in [2.24, 2.45) is 0 Å². The van der Waals surface area contributed by atoms with E-state index in [0.29, 0.717) is 30.4 Å². The number of amides is 1. The minimum Gasteiger partial charge on any atom is -0.335 e. The van der Waals surface area contributed by atoms with Crippen LogP contribution < -0.4 is 0 Å². The first-order valence-electron chi connectivity index (χ1n) is 7.50. The minimum atomic E-state index is -0.329. The van der Waals surface area contributed by atoms with Crippen LogP contribution in [-0.2, 0) is 6.54 Å².